The van der Waals surface area contributed by atoms with E-state index in [2.05, 4.69) is 24.1 Å². The number of Topliss-reactive ketones (excluding diaryl/α,β-unsaturated/α-hetero) is 1. The Morgan fingerprint density at radius 1 is 1.18 bits per heavy atom. The highest BCUT2D eigenvalue weighted by atomic mass is 16.5. The second-order valence-electron chi connectivity index (χ2n) is 10.1. The Morgan fingerprint density at radius 3 is 2.42 bits per heavy atom. The van der Waals surface area contributed by atoms with Gasteiger partial charge in [0, 0.05) is 30.0 Å². The van der Waals surface area contributed by atoms with E-state index in [1.807, 2.05) is 44.2 Å². The molecule has 0 atom stereocenters. The molecule has 3 aromatic rings. The molecule has 0 spiro atoms. The van der Waals surface area contributed by atoms with Gasteiger partial charge in [-0.05, 0) is 37.7 Å². The molecule has 1 aliphatic rings. The Morgan fingerprint density at radius 2 is 1.85 bits per heavy atom. The van der Waals surface area contributed by atoms with Crippen LogP contribution in [0.25, 0.3) is 11.3 Å². The fraction of sp³-hybridized carbons (Fsp3) is 0.440. The maximum Gasteiger partial charge on any atom is 0.254 e. The molecule has 1 aliphatic carbocycles. The first-order valence-electron chi connectivity index (χ1n) is 11.3. The Balaban J connectivity index is 1.42. The third kappa shape index (κ3) is 4.69. The maximum absolute atomic E-state index is 12.6. The summed E-state index contributed by atoms with van der Waals surface area (Å²) in [5.41, 5.74) is 14.9. The number of carbonyl (C=O) groups excluding carboxylic acids is 2. The number of benzene rings is 1. The second kappa shape index (κ2) is 8.50. The SMILES string of the molecule is CC(C)n1nc(-c2ccc(CC(=O)Cc3cc(C4CC(C)(C)C4)on3)cc2)c(C(N)=O)c1N. The molecule has 174 valence electrons. The molecular formula is C25H31N5O3. The van der Waals surface area contributed by atoms with Gasteiger partial charge in [0.05, 0.1) is 12.1 Å². The van der Waals surface area contributed by atoms with Crippen LogP contribution in [0.15, 0.2) is 34.9 Å². The lowest BCUT2D eigenvalue weighted by Gasteiger charge is -2.41. The fourth-order valence-corrected chi connectivity index (χ4v) is 4.64. The van der Waals surface area contributed by atoms with Gasteiger partial charge in [0.1, 0.15) is 28.6 Å². The molecule has 0 bridgehead atoms. The van der Waals surface area contributed by atoms with Gasteiger partial charge in [-0.1, -0.05) is 43.3 Å². The number of hydrogen-bond donors (Lipinski definition) is 2. The summed E-state index contributed by atoms with van der Waals surface area (Å²) in [5.74, 6) is 0.979. The van der Waals surface area contributed by atoms with E-state index < -0.39 is 5.91 Å². The lowest BCUT2D eigenvalue weighted by molar-refractivity contribution is -0.117. The average molecular weight is 450 g/mol. The van der Waals surface area contributed by atoms with Gasteiger partial charge in [-0.2, -0.15) is 5.10 Å². The third-order valence-corrected chi connectivity index (χ3v) is 6.27. The van der Waals surface area contributed by atoms with Crippen molar-refractivity contribution in [3.05, 3.63) is 52.9 Å². The molecule has 4 rings (SSSR count). The van der Waals surface area contributed by atoms with Gasteiger partial charge >= 0.3 is 0 Å². The molecular weight excluding hydrogens is 418 g/mol. The molecule has 33 heavy (non-hydrogen) atoms. The predicted octanol–water partition coefficient (Wildman–Crippen LogP) is 4.06. The van der Waals surface area contributed by atoms with Crippen LogP contribution < -0.4 is 11.5 Å². The summed E-state index contributed by atoms with van der Waals surface area (Å²) in [6.45, 7) is 8.35. The van der Waals surface area contributed by atoms with E-state index in [4.69, 9.17) is 16.0 Å². The number of nitrogens with zero attached hydrogens (tertiary/aromatic N) is 3. The molecule has 1 aromatic carbocycles. The van der Waals surface area contributed by atoms with Crippen LogP contribution in [0.5, 0.6) is 0 Å². The first kappa shape index (κ1) is 22.8. The molecule has 4 N–H and O–H groups in total. The number of rotatable bonds is 8. The minimum Gasteiger partial charge on any atom is -0.383 e. The number of anilines is 1. The lowest BCUT2D eigenvalue weighted by Crippen LogP contribution is -2.29. The zero-order chi connectivity index (χ0) is 23.9. The number of carbonyl (C=O) groups is 2. The smallest absolute Gasteiger partial charge is 0.254 e. The van der Waals surface area contributed by atoms with Crippen molar-refractivity contribution in [1.29, 1.82) is 0 Å². The van der Waals surface area contributed by atoms with Gasteiger partial charge < -0.3 is 16.0 Å². The molecule has 2 aromatic heterocycles. The first-order chi connectivity index (χ1) is 15.5. The van der Waals surface area contributed by atoms with Crippen LogP contribution in [0.2, 0.25) is 0 Å². The monoisotopic (exact) mass is 449 g/mol. The summed E-state index contributed by atoms with van der Waals surface area (Å²) in [6.07, 6.45) is 2.69. The standard InChI is InChI=1S/C25H31N5O3/c1-14(2)30-23(26)21(24(27)32)22(28-30)16-7-5-15(6-8-16)9-19(31)10-18-11-20(33-29-18)17-12-25(3,4)13-17/h5-8,11,14,17H,9-10,12-13,26H2,1-4H3,(H2,27,32). The van der Waals surface area contributed by atoms with Crippen molar-refractivity contribution in [3.63, 3.8) is 0 Å². The molecule has 1 saturated carbocycles. The van der Waals surface area contributed by atoms with Gasteiger partial charge in [0.2, 0.25) is 0 Å². The van der Waals surface area contributed by atoms with Crippen molar-refractivity contribution in [2.24, 2.45) is 11.1 Å². The predicted molar refractivity (Wildman–Crippen MR) is 126 cm³/mol. The number of primary amides is 1. The molecule has 8 heteroatoms. The highest BCUT2D eigenvalue weighted by Gasteiger charge is 2.39. The van der Waals surface area contributed by atoms with Crippen LogP contribution in [0.1, 0.15) is 79.9 Å². The summed E-state index contributed by atoms with van der Waals surface area (Å²) in [7, 11) is 0. The molecule has 2 heterocycles. The van der Waals surface area contributed by atoms with E-state index in [0.29, 0.717) is 22.7 Å². The van der Waals surface area contributed by atoms with E-state index in [1.165, 1.54) is 0 Å². The molecule has 0 unspecified atom stereocenters. The van der Waals surface area contributed by atoms with E-state index in [0.717, 1.165) is 29.7 Å². The molecule has 0 aliphatic heterocycles. The highest BCUT2D eigenvalue weighted by molar-refractivity contribution is 6.03. The van der Waals surface area contributed by atoms with E-state index >= 15 is 0 Å². The number of ketones is 1. The Kier molecular flexibility index (Phi) is 5.86. The number of hydrogen-bond acceptors (Lipinski definition) is 6. The largest absolute Gasteiger partial charge is 0.383 e. The number of nitrogens with two attached hydrogens (primary N) is 2. The zero-order valence-corrected chi connectivity index (χ0v) is 19.6. The Hall–Kier alpha value is -3.42. The lowest BCUT2D eigenvalue weighted by atomic mass is 9.64. The highest BCUT2D eigenvalue weighted by Crippen LogP contribution is 2.50. The topological polar surface area (TPSA) is 130 Å². The maximum atomic E-state index is 12.6. The normalized spacial score (nSPS) is 15.5. The van der Waals surface area contributed by atoms with Crippen LogP contribution in [-0.2, 0) is 17.6 Å². The van der Waals surface area contributed by atoms with E-state index in [-0.39, 0.29) is 36.0 Å². The third-order valence-electron chi connectivity index (χ3n) is 6.27. The van der Waals surface area contributed by atoms with Gasteiger partial charge in [-0.3, -0.25) is 9.59 Å². The van der Waals surface area contributed by atoms with Crippen LogP contribution >= 0.6 is 0 Å². The van der Waals surface area contributed by atoms with Gasteiger partial charge in [-0.25, -0.2) is 4.68 Å². The molecule has 8 nitrogen and oxygen atoms in total. The van der Waals surface area contributed by atoms with Crippen LogP contribution in [0, 0.1) is 5.41 Å². The average Bonchev–Trinajstić information content (AvgIpc) is 3.30. The molecule has 0 radical (unpaired) electrons. The van der Waals surface area contributed by atoms with Crippen molar-refractivity contribution >= 4 is 17.5 Å². The van der Waals surface area contributed by atoms with Crippen molar-refractivity contribution in [2.75, 3.05) is 5.73 Å². The Labute approximate surface area is 193 Å². The van der Waals surface area contributed by atoms with Crippen molar-refractivity contribution in [1.82, 2.24) is 14.9 Å². The molecule has 1 amide bonds. The van der Waals surface area contributed by atoms with Crippen LogP contribution in [0.3, 0.4) is 0 Å². The summed E-state index contributed by atoms with van der Waals surface area (Å²) in [4.78, 5) is 24.6. The number of amides is 1. The minimum absolute atomic E-state index is 0.0124. The summed E-state index contributed by atoms with van der Waals surface area (Å²) < 4.78 is 7.06. The number of aromatic nitrogens is 3. The Bertz CT molecular complexity index is 1180. The van der Waals surface area contributed by atoms with Gasteiger partial charge in [-0.15, -0.1) is 0 Å². The fourth-order valence-electron chi connectivity index (χ4n) is 4.64. The number of nitrogen functional groups attached to an aromatic ring is 1. The summed E-state index contributed by atoms with van der Waals surface area (Å²) in [6, 6.07) is 9.27. The van der Waals surface area contributed by atoms with Crippen LogP contribution in [0.4, 0.5) is 5.82 Å². The zero-order valence-electron chi connectivity index (χ0n) is 19.6. The van der Waals surface area contributed by atoms with Crippen LogP contribution in [-0.4, -0.2) is 26.6 Å². The molecule has 1 fully saturated rings. The summed E-state index contributed by atoms with van der Waals surface area (Å²) in [5, 5.41) is 8.58. The minimum atomic E-state index is -0.619. The molecule has 0 saturated heterocycles. The van der Waals surface area contributed by atoms with Crippen molar-refractivity contribution < 1.29 is 14.1 Å². The second-order valence-corrected chi connectivity index (χ2v) is 10.1. The van der Waals surface area contributed by atoms with Crippen molar-refractivity contribution in [2.45, 2.75) is 65.3 Å². The summed E-state index contributed by atoms with van der Waals surface area (Å²) >= 11 is 0. The van der Waals surface area contributed by atoms with Gasteiger partial charge in [0.25, 0.3) is 5.91 Å². The van der Waals surface area contributed by atoms with Gasteiger partial charge in [0.15, 0.2) is 0 Å². The quantitative estimate of drug-likeness (QED) is 0.533. The van der Waals surface area contributed by atoms with E-state index in [9.17, 15) is 9.59 Å². The van der Waals surface area contributed by atoms with Crippen molar-refractivity contribution in [3.8, 4) is 11.3 Å². The first-order valence-corrected chi connectivity index (χ1v) is 11.3. The van der Waals surface area contributed by atoms with E-state index in [1.54, 1.807) is 4.68 Å².